The first-order valence-corrected chi connectivity index (χ1v) is 6.43. The summed E-state index contributed by atoms with van der Waals surface area (Å²) in [5.41, 5.74) is 12.2. The lowest BCUT2D eigenvalue weighted by atomic mass is 10.3. The minimum atomic E-state index is 0.0883. The summed E-state index contributed by atoms with van der Waals surface area (Å²) < 4.78 is 0. The third kappa shape index (κ3) is 5.04. The Kier molecular flexibility index (Phi) is 5.13. The molecule has 1 heterocycles. The summed E-state index contributed by atoms with van der Waals surface area (Å²) in [6, 6.07) is 5.68. The van der Waals surface area contributed by atoms with Crippen LogP contribution in [0.15, 0.2) is 18.2 Å². The van der Waals surface area contributed by atoms with Gasteiger partial charge in [-0.1, -0.05) is 29.6 Å². The number of pyridine rings is 1. The molecule has 86 valence electrons. The lowest BCUT2D eigenvalue weighted by Gasteiger charge is -2.03. The second-order valence-electron chi connectivity index (χ2n) is 2.93. The molecule has 0 saturated heterocycles. The number of nitrogens with two attached hydrogens (primary N) is 2. The van der Waals surface area contributed by atoms with E-state index in [0.717, 1.165) is 11.4 Å². The van der Waals surface area contributed by atoms with Gasteiger partial charge >= 0.3 is 0 Å². The molecule has 0 radical (unpaired) electrons. The number of aromatic nitrogens is 1. The molecule has 0 atom stereocenters. The van der Waals surface area contributed by atoms with Crippen LogP contribution in [0.25, 0.3) is 0 Å². The molecule has 1 aromatic heterocycles. The SMILES string of the molecule is N=C(N)SCc1cccc(CSC(=N)N)n1. The van der Waals surface area contributed by atoms with Gasteiger partial charge in [0.25, 0.3) is 0 Å². The third-order valence-electron chi connectivity index (χ3n) is 1.62. The molecule has 1 aromatic rings. The average molecular weight is 255 g/mol. The minimum absolute atomic E-state index is 0.0883. The molecular weight excluding hydrogens is 242 g/mol. The van der Waals surface area contributed by atoms with Crippen molar-refractivity contribution in [2.45, 2.75) is 11.5 Å². The van der Waals surface area contributed by atoms with Gasteiger partial charge in [-0.3, -0.25) is 15.8 Å². The van der Waals surface area contributed by atoms with Crippen LogP contribution in [0, 0.1) is 10.8 Å². The first kappa shape index (κ1) is 12.9. The molecule has 0 bridgehead atoms. The zero-order valence-corrected chi connectivity index (χ0v) is 10.2. The smallest absolute Gasteiger partial charge is 0.151 e. The van der Waals surface area contributed by atoms with Gasteiger partial charge in [0.2, 0.25) is 0 Å². The summed E-state index contributed by atoms with van der Waals surface area (Å²) >= 11 is 2.48. The van der Waals surface area contributed by atoms with Crippen molar-refractivity contribution in [2.24, 2.45) is 11.5 Å². The van der Waals surface area contributed by atoms with Crippen LogP contribution in [0.3, 0.4) is 0 Å². The fourth-order valence-corrected chi connectivity index (χ4v) is 1.92. The summed E-state index contributed by atoms with van der Waals surface area (Å²) in [6.07, 6.45) is 0. The van der Waals surface area contributed by atoms with Crippen molar-refractivity contribution in [3.63, 3.8) is 0 Å². The molecule has 0 saturated carbocycles. The number of hydrogen-bond donors (Lipinski definition) is 4. The minimum Gasteiger partial charge on any atom is -0.379 e. The summed E-state index contributed by atoms with van der Waals surface area (Å²) in [5.74, 6) is 1.18. The van der Waals surface area contributed by atoms with Crippen molar-refractivity contribution < 1.29 is 0 Å². The monoisotopic (exact) mass is 255 g/mol. The molecular formula is C9H13N5S2. The Hall–Kier alpha value is -1.21. The van der Waals surface area contributed by atoms with Gasteiger partial charge in [0.05, 0.1) is 11.4 Å². The van der Waals surface area contributed by atoms with Crippen molar-refractivity contribution in [3.05, 3.63) is 29.6 Å². The Morgan fingerprint density at radius 1 is 1.06 bits per heavy atom. The van der Waals surface area contributed by atoms with E-state index < -0.39 is 0 Å². The fourth-order valence-electron chi connectivity index (χ4n) is 0.993. The summed E-state index contributed by atoms with van der Waals surface area (Å²) in [5, 5.41) is 14.4. The lowest BCUT2D eigenvalue weighted by Crippen LogP contribution is -2.06. The van der Waals surface area contributed by atoms with Crippen molar-refractivity contribution in [1.29, 1.82) is 10.8 Å². The molecule has 7 heteroatoms. The fraction of sp³-hybridized carbons (Fsp3) is 0.222. The second-order valence-corrected chi connectivity index (χ2v) is 4.96. The van der Waals surface area contributed by atoms with Gasteiger partial charge in [0.1, 0.15) is 0 Å². The normalized spacial score (nSPS) is 10.0. The zero-order chi connectivity index (χ0) is 12.0. The topological polar surface area (TPSA) is 113 Å². The first-order valence-electron chi connectivity index (χ1n) is 4.46. The van der Waals surface area contributed by atoms with E-state index in [2.05, 4.69) is 4.98 Å². The third-order valence-corrected chi connectivity index (χ3v) is 3.12. The maximum Gasteiger partial charge on any atom is 0.151 e. The summed E-state index contributed by atoms with van der Waals surface area (Å²) in [7, 11) is 0. The number of amidine groups is 2. The van der Waals surface area contributed by atoms with E-state index in [0.29, 0.717) is 11.5 Å². The Balaban J connectivity index is 2.56. The largest absolute Gasteiger partial charge is 0.379 e. The quantitative estimate of drug-likeness (QED) is 0.479. The molecule has 0 aliphatic rings. The maximum absolute atomic E-state index is 7.10. The highest BCUT2D eigenvalue weighted by Gasteiger charge is 2.01. The van der Waals surface area contributed by atoms with E-state index in [4.69, 9.17) is 22.3 Å². The highest BCUT2D eigenvalue weighted by molar-refractivity contribution is 8.13. The first-order chi connectivity index (χ1) is 7.58. The highest BCUT2D eigenvalue weighted by atomic mass is 32.2. The van der Waals surface area contributed by atoms with Crippen LogP contribution in [-0.4, -0.2) is 15.3 Å². The van der Waals surface area contributed by atoms with Crippen molar-refractivity contribution in [3.8, 4) is 0 Å². The molecule has 0 amide bonds. The van der Waals surface area contributed by atoms with E-state index in [1.54, 1.807) is 0 Å². The van der Waals surface area contributed by atoms with Crippen molar-refractivity contribution >= 4 is 33.9 Å². The number of hydrogen-bond acceptors (Lipinski definition) is 5. The van der Waals surface area contributed by atoms with Gasteiger partial charge in [0, 0.05) is 11.5 Å². The van der Waals surface area contributed by atoms with E-state index in [1.165, 1.54) is 23.5 Å². The van der Waals surface area contributed by atoms with Gasteiger partial charge in [-0.25, -0.2) is 0 Å². The van der Waals surface area contributed by atoms with Crippen LogP contribution in [0.2, 0.25) is 0 Å². The summed E-state index contributed by atoms with van der Waals surface area (Å²) in [4.78, 5) is 4.37. The van der Waals surface area contributed by atoms with Crippen molar-refractivity contribution in [1.82, 2.24) is 4.98 Å². The number of rotatable bonds is 4. The van der Waals surface area contributed by atoms with E-state index in [-0.39, 0.29) is 10.3 Å². The molecule has 0 unspecified atom stereocenters. The number of nitrogens with zero attached hydrogens (tertiary/aromatic N) is 1. The van der Waals surface area contributed by atoms with Gasteiger partial charge in [-0.05, 0) is 12.1 Å². The molecule has 0 aliphatic heterocycles. The highest BCUT2D eigenvalue weighted by Crippen LogP contribution is 2.13. The van der Waals surface area contributed by atoms with Gasteiger partial charge in [-0.2, -0.15) is 0 Å². The maximum atomic E-state index is 7.10. The van der Waals surface area contributed by atoms with E-state index >= 15 is 0 Å². The predicted octanol–water partition coefficient (Wildman–Crippen LogP) is 1.33. The zero-order valence-electron chi connectivity index (χ0n) is 8.56. The molecule has 0 aliphatic carbocycles. The van der Waals surface area contributed by atoms with Crippen molar-refractivity contribution in [2.75, 3.05) is 0 Å². The van der Waals surface area contributed by atoms with Crippen LogP contribution < -0.4 is 11.5 Å². The Morgan fingerprint density at radius 2 is 1.50 bits per heavy atom. The Morgan fingerprint density at radius 3 is 1.88 bits per heavy atom. The Bertz CT molecular complexity index is 360. The Labute approximate surface area is 102 Å². The number of nitrogens with one attached hydrogen (secondary N) is 2. The molecule has 5 nitrogen and oxygen atoms in total. The molecule has 0 spiro atoms. The molecule has 0 aromatic carbocycles. The van der Waals surface area contributed by atoms with E-state index in [1.807, 2.05) is 18.2 Å². The average Bonchev–Trinajstić information content (AvgIpc) is 2.24. The number of thioether (sulfide) groups is 2. The summed E-state index contributed by atoms with van der Waals surface area (Å²) in [6.45, 7) is 0. The predicted molar refractivity (Wildman–Crippen MR) is 70.7 cm³/mol. The van der Waals surface area contributed by atoms with Crippen LogP contribution in [0.1, 0.15) is 11.4 Å². The molecule has 0 fully saturated rings. The van der Waals surface area contributed by atoms with Crippen LogP contribution >= 0.6 is 23.5 Å². The van der Waals surface area contributed by atoms with Crippen LogP contribution in [0.5, 0.6) is 0 Å². The van der Waals surface area contributed by atoms with Gasteiger partial charge in [-0.15, -0.1) is 0 Å². The van der Waals surface area contributed by atoms with E-state index in [9.17, 15) is 0 Å². The van der Waals surface area contributed by atoms with Crippen LogP contribution in [-0.2, 0) is 11.5 Å². The van der Waals surface area contributed by atoms with Crippen LogP contribution in [0.4, 0.5) is 0 Å². The molecule has 16 heavy (non-hydrogen) atoms. The second kappa shape index (κ2) is 6.39. The molecule has 6 N–H and O–H groups in total. The lowest BCUT2D eigenvalue weighted by molar-refractivity contribution is 1.09. The van der Waals surface area contributed by atoms with Gasteiger partial charge in [0.15, 0.2) is 10.3 Å². The molecule has 1 rings (SSSR count). The standard InChI is InChI=1S/C9H13N5S2/c10-8(11)15-4-6-2-1-3-7(14-6)5-16-9(12)13/h1-3H,4-5H2,(H3,10,11)(H3,12,13). The van der Waals surface area contributed by atoms with Gasteiger partial charge < -0.3 is 11.5 Å².